The molecule has 0 radical (unpaired) electrons. The molecule has 1 amide bonds. The average Bonchev–Trinajstić information content (AvgIpc) is 3.17. The van der Waals surface area contributed by atoms with Gasteiger partial charge >= 0.3 is 0 Å². The lowest BCUT2D eigenvalue weighted by molar-refractivity contribution is 0.102. The SMILES string of the molecule is CCCc1nnsc1C(=O)Nc1cccc(-c2csc(C)n2)c1. The number of hydrogen-bond donors (Lipinski definition) is 1. The van der Waals surface area contributed by atoms with E-state index in [0.717, 1.165) is 52.0 Å². The van der Waals surface area contributed by atoms with Crippen LogP contribution in [-0.4, -0.2) is 20.5 Å². The Morgan fingerprint density at radius 2 is 2.22 bits per heavy atom. The molecule has 3 aromatic rings. The Hall–Kier alpha value is -2.12. The number of aromatic nitrogens is 3. The lowest BCUT2D eigenvalue weighted by atomic mass is 10.1. The molecule has 0 atom stereocenters. The van der Waals surface area contributed by atoms with Gasteiger partial charge in [0.25, 0.3) is 5.91 Å². The summed E-state index contributed by atoms with van der Waals surface area (Å²) in [5, 5.41) is 10.0. The predicted octanol–water partition coefficient (Wildman–Crippen LogP) is 4.17. The maximum atomic E-state index is 12.4. The van der Waals surface area contributed by atoms with Crippen molar-refractivity contribution >= 4 is 34.5 Å². The zero-order valence-corrected chi connectivity index (χ0v) is 14.5. The smallest absolute Gasteiger partial charge is 0.269 e. The van der Waals surface area contributed by atoms with Crippen LogP contribution in [0.3, 0.4) is 0 Å². The van der Waals surface area contributed by atoms with Crippen LogP contribution in [0, 0.1) is 6.92 Å². The summed E-state index contributed by atoms with van der Waals surface area (Å²) < 4.78 is 3.89. The summed E-state index contributed by atoms with van der Waals surface area (Å²) in [4.78, 5) is 17.5. The molecule has 2 heterocycles. The lowest BCUT2D eigenvalue weighted by Crippen LogP contribution is -2.12. The third-order valence-electron chi connectivity index (χ3n) is 3.28. The second-order valence-corrected chi connectivity index (χ2v) is 6.90. The molecule has 5 nitrogen and oxygen atoms in total. The third-order valence-corrected chi connectivity index (χ3v) is 4.82. The number of rotatable bonds is 5. The van der Waals surface area contributed by atoms with Gasteiger partial charge < -0.3 is 5.32 Å². The first-order valence-corrected chi connectivity index (χ1v) is 8.98. The number of hydrogen-bond acceptors (Lipinski definition) is 6. The van der Waals surface area contributed by atoms with Gasteiger partial charge in [0.2, 0.25) is 0 Å². The van der Waals surface area contributed by atoms with E-state index in [9.17, 15) is 4.79 Å². The monoisotopic (exact) mass is 344 g/mol. The van der Waals surface area contributed by atoms with Gasteiger partial charge in [-0.05, 0) is 37.0 Å². The van der Waals surface area contributed by atoms with Crippen molar-refractivity contribution in [2.45, 2.75) is 26.7 Å². The van der Waals surface area contributed by atoms with Crippen LogP contribution < -0.4 is 5.32 Å². The van der Waals surface area contributed by atoms with Gasteiger partial charge in [-0.1, -0.05) is 30.0 Å². The van der Waals surface area contributed by atoms with Crippen molar-refractivity contribution in [1.82, 2.24) is 14.6 Å². The van der Waals surface area contributed by atoms with Gasteiger partial charge in [-0.25, -0.2) is 4.98 Å². The van der Waals surface area contributed by atoms with Crippen LogP contribution in [0.1, 0.15) is 33.7 Å². The van der Waals surface area contributed by atoms with Crippen LogP contribution in [0.4, 0.5) is 5.69 Å². The molecule has 0 saturated heterocycles. The fourth-order valence-electron chi connectivity index (χ4n) is 2.22. The molecular weight excluding hydrogens is 328 g/mol. The van der Waals surface area contributed by atoms with Crippen molar-refractivity contribution in [2.24, 2.45) is 0 Å². The maximum Gasteiger partial charge on any atom is 0.269 e. The van der Waals surface area contributed by atoms with Crippen LogP contribution in [0.25, 0.3) is 11.3 Å². The molecule has 118 valence electrons. The first-order chi connectivity index (χ1) is 11.2. The van der Waals surface area contributed by atoms with E-state index in [4.69, 9.17) is 0 Å². The fraction of sp³-hybridized carbons (Fsp3) is 0.250. The van der Waals surface area contributed by atoms with Gasteiger partial charge in [-0.2, -0.15) is 0 Å². The Bertz CT molecular complexity index is 825. The molecule has 0 aliphatic carbocycles. The Labute approximate surface area is 142 Å². The predicted molar refractivity (Wildman–Crippen MR) is 94.1 cm³/mol. The normalized spacial score (nSPS) is 10.7. The van der Waals surface area contributed by atoms with Crippen molar-refractivity contribution < 1.29 is 4.79 Å². The fourth-order valence-corrected chi connectivity index (χ4v) is 3.45. The van der Waals surface area contributed by atoms with Gasteiger partial charge in [0.15, 0.2) is 0 Å². The van der Waals surface area contributed by atoms with Crippen LogP contribution in [0.5, 0.6) is 0 Å². The molecule has 7 heteroatoms. The number of nitrogens with zero attached hydrogens (tertiary/aromatic N) is 3. The number of anilines is 1. The van der Waals surface area contributed by atoms with Crippen LogP contribution >= 0.6 is 22.9 Å². The van der Waals surface area contributed by atoms with Gasteiger partial charge in [0.1, 0.15) is 4.88 Å². The van der Waals surface area contributed by atoms with E-state index in [1.807, 2.05) is 36.6 Å². The van der Waals surface area contributed by atoms with Crippen molar-refractivity contribution in [2.75, 3.05) is 5.32 Å². The Balaban J connectivity index is 1.80. The molecule has 0 spiro atoms. The van der Waals surface area contributed by atoms with Crippen molar-refractivity contribution in [3.63, 3.8) is 0 Å². The van der Waals surface area contributed by atoms with Crippen LogP contribution in [-0.2, 0) is 6.42 Å². The quantitative estimate of drug-likeness (QED) is 0.754. The number of thiazole rings is 1. The highest BCUT2D eigenvalue weighted by molar-refractivity contribution is 7.09. The lowest BCUT2D eigenvalue weighted by Gasteiger charge is -2.06. The minimum atomic E-state index is -0.157. The molecule has 0 bridgehead atoms. The van der Waals surface area contributed by atoms with Gasteiger partial charge in [0.05, 0.1) is 16.4 Å². The van der Waals surface area contributed by atoms with E-state index in [2.05, 4.69) is 26.8 Å². The molecular formula is C16H16N4OS2. The Kier molecular flexibility index (Phi) is 4.78. The minimum Gasteiger partial charge on any atom is -0.321 e. The molecule has 1 N–H and O–H groups in total. The standard InChI is InChI=1S/C16H16N4OS2/c1-3-5-13-15(23-20-19-13)16(21)18-12-7-4-6-11(8-12)14-9-22-10(2)17-14/h4,6-9H,3,5H2,1-2H3,(H,18,21). The van der Waals surface area contributed by atoms with Gasteiger partial charge in [-0.15, -0.1) is 16.4 Å². The minimum absolute atomic E-state index is 0.157. The van der Waals surface area contributed by atoms with Gasteiger partial charge in [0, 0.05) is 16.6 Å². The van der Waals surface area contributed by atoms with Crippen LogP contribution in [0.15, 0.2) is 29.6 Å². The largest absolute Gasteiger partial charge is 0.321 e. The summed E-state index contributed by atoms with van der Waals surface area (Å²) in [6, 6.07) is 7.70. The molecule has 0 fully saturated rings. The van der Waals surface area contributed by atoms with E-state index in [0.29, 0.717) is 4.88 Å². The summed E-state index contributed by atoms with van der Waals surface area (Å²) in [7, 11) is 0. The summed E-state index contributed by atoms with van der Waals surface area (Å²) in [6.45, 7) is 4.03. The number of aryl methyl sites for hydroxylation is 2. The molecule has 0 saturated carbocycles. The highest BCUT2D eigenvalue weighted by Crippen LogP contribution is 2.25. The van der Waals surface area contributed by atoms with Crippen molar-refractivity contribution in [1.29, 1.82) is 0 Å². The molecule has 0 unspecified atom stereocenters. The van der Waals surface area contributed by atoms with E-state index < -0.39 is 0 Å². The molecule has 3 rings (SSSR count). The molecule has 2 aromatic heterocycles. The highest BCUT2D eigenvalue weighted by Gasteiger charge is 2.16. The van der Waals surface area contributed by atoms with Gasteiger partial charge in [-0.3, -0.25) is 4.79 Å². The second-order valence-electron chi connectivity index (χ2n) is 5.09. The van der Waals surface area contributed by atoms with E-state index in [1.54, 1.807) is 11.3 Å². The Morgan fingerprint density at radius 1 is 1.35 bits per heavy atom. The third kappa shape index (κ3) is 3.62. The van der Waals surface area contributed by atoms with Crippen molar-refractivity contribution in [3.05, 3.63) is 45.2 Å². The number of carbonyl (C=O) groups excluding carboxylic acids is 1. The summed E-state index contributed by atoms with van der Waals surface area (Å²) in [6.07, 6.45) is 1.70. The molecule has 23 heavy (non-hydrogen) atoms. The number of carbonyl (C=O) groups is 1. The number of amides is 1. The summed E-state index contributed by atoms with van der Waals surface area (Å²) in [5.74, 6) is -0.157. The number of benzene rings is 1. The highest BCUT2D eigenvalue weighted by atomic mass is 32.1. The summed E-state index contributed by atoms with van der Waals surface area (Å²) >= 11 is 2.75. The first kappa shape index (κ1) is 15.8. The van der Waals surface area contributed by atoms with Crippen LogP contribution in [0.2, 0.25) is 0 Å². The molecule has 0 aliphatic heterocycles. The average molecular weight is 344 g/mol. The summed E-state index contributed by atoms with van der Waals surface area (Å²) in [5.41, 5.74) is 3.42. The van der Waals surface area contributed by atoms with E-state index >= 15 is 0 Å². The molecule has 0 aliphatic rings. The molecule has 1 aromatic carbocycles. The zero-order valence-electron chi connectivity index (χ0n) is 12.9. The van der Waals surface area contributed by atoms with E-state index in [1.165, 1.54) is 0 Å². The zero-order chi connectivity index (χ0) is 16.2. The van der Waals surface area contributed by atoms with Crippen molar-refractivity contribution in [3.8, 4) is 11.3 Å². The topological polar surface area (TPSA) is 67.8 Å². The number of nitrogens with one attached hydrogen (secondary N) is 1. The Morgan fingerprint density at radius 3 is 2.96 bits per heavy atom. The maximum absolute atomic E-state index is 12.4. The van der Waals surface area contributed by atoms with E-state index in [-0.39, 0.29) is 5.91 Å². The second kappa shape index (κ2) is 6.97. The first-order valence-electron chi connectivity index (χ1n) is 7.32.